The number of benzene rings is 1. The molecule has 1 aromatic carbocycles. The van der Waals surface area contributed by atoms with Crippen LogP contribution in [-0.2, 0) is 16.1 Å². The van der Waals surface area contributed by atoms with Crippen molar-refractivity contribution in [2.45, 2.75) is 44.7 Å². The quantitative estimate of drug-likeness (QED) is 0.0421. The first-order valence-electron chi connectivity index (χ1n) is 18.6. The van der Waals surface area contributed by atoms with Crippen LogP contribution in [0.2, 0.25) is 0 Å². The van der Waals surface area contributed by atoms with Crippen molar-refractivity contribution in [2.24, 2.45) is 5.11 Å². The van der Waals surface area contributed by atoms with Crippen molar-refractivity contribution in [1.29, 1.82) is 0 Å². The predicted octanol–water partition coefficient (Wildman–Crippen LogP) is 2.97. The van der Waals surface area contributed by atoms with Crippen LogP contribution < -0.4 is 26.6 Å². The molecule has 1 unspecified atom stereocenters. The summed E-state index contributed by atoms with van der Waals surface area (Å²) in [6.07, 6.45) is 10.2. The number of aryl methyl sites for hydroxylation is 1. The number of ketones is 1. The molecule has 1 fully saturated rings. The van der Waals surface area contributed by atoms with Crippen LogP contribution in [-0.4, -0.2) is 114 Å². The number of fused-ring (bicyclic) bond motifs is 2. The molecule has 0 saturated carbocycles. The van der Waals surface area contributed by atoms with Gasteiger partial charge in [-0.15, -0.1) is 0 Å². The Morgan fingerprint density at radius 2 is 1.81 bits per heavy atom. The number of aromatic nitrogens is 9. The number of hydrogen-bond donors (Lipinski definition) is 4. The molecule has 22 heteroatoms. The number of unbranched alkanes of at least 4 members (excludes halogenated alkanes) is 2. The lowest BCUT2D eigenvalue weighted by Gasteiger charge is -2.40. The molecule has 22 nitrogen and oxygen atoms in total. The molecule has 300 valence electrons. The van der Waals surface area contributed by atoms with Crippen molar-refractivity contribution >= 4 is 63.2 Å². The summed E-state index contributed by atoms with van der Waals surface area (Å²) >= 11 is 0. The Kier molecular flexibility index (Phi) is 12.4. The zero-order chi connectivity index (χ0) is 40.4. The van der Waals surface area contributed by atoms with E-state index in [1.165, 1.54) is 31.1 Å². The maximum atomic E-state index is 12.7. The molecule has 6 heterocycles. The lowest BCUT2D eigenvalue weighted by Crippen LogP contribution is -2.56. The number of carbonyl (C=O) groups is 2. The van der Waals surface area contributed by atoms with Crippen LogP contribution in [0.3, 0.4) is 0 Å². The number of nitrogens with one attached hydrogen (secondary N) is 1. The van der Waals surface area contributed by atoms with E-state index in [1.807, 2.05) is 26.6 Å². The van der Waals surface area contributed by atoms with Crippen LogP contribution in [0.5, 0.6) is 0 Å². The minimum Gasteiger partial charge on any atom is -0.424 e. The third-order valence-corrected chi connectivity index (χ3v) is 9.54. The molecule has 7 rings (SSSR count). The fraction of sp³-hybridized carbons (Fsp3) is 0.389. The van der Waals surface area contributed by atoms with E-state index in [0.29, 0.717) is 89.4 Å². The Hall–Kier alpha value is -7.03. The number of aliphatic hydroxyl groups excluding tert-OH is 1. The number of piperazine rings is 1. The molecule has 6 N–H and O–H groups in total. The smallest absolute Gasteiger partial charge is 0.292 e. The summed E-state index contributed by atoms with van der Waals surface area (Å²) in [7, 11) is 0. The van der Waals surface area contributed by atoms with E-state index in [0.717, 1.165) is 24.8 Å². The van der Waals surface area contributed by atoms with E-state index in [1.54, 1.807) is 6.07 Å². The van der Waals surface area contributed by atoms with E-state index in [4.69, 9.17) is 31.3 Å². The average molecular weight is 792 g/mol. The molecule has 0 spiro atoms. The minimum absolute atomic E-state index is 0.0863. The van der Waals surface area contributed by atoms with Gasteiger partial charge in [0.15, 0.2) is 11.2 Å². The Labute approximate surface area is 330 Å². The third kappa shape index (κ3) is 9.15. The zero-order valence-corrected chi connectivity index (χ0v) is 31.4. The number of ether oxygens (including phenoxy) is 1. The van der Waals surface area contributed by atoms with Gasteiger partial charge in [0.25, 0.3) is 11.9 Å². The van der Waals surface area contributed by atoms with Crippen molar-refractivity contribution in [3.8, 4) is 11.3 Å². The van der Waals surface area contributed by atoms with Crippen molar-refractivity contribution in [1.82, 2.24) is 50.0 Å². The molecule has 58 heavy (non-hydrogen) atoms. The number of anilines is 4. The molecule has 1 aliphatic heterocycles. The van der Waals surface area contributed by atoms with Crippen LogP contribution >= 0.6 is 0 Å². The van der Waals surface area contributed by atoms with Crippen molar-refractivity contribution < 1.29 is 23.8 Å². The summed E-state index contributed by atoms with van der Waals surface area (Å²) in [5, 5.41) is 21.8. The fourth-order valence-electron chi connectivity index (χ4n) is 6.62. The van der Waals surface area contributed by atoms with Gasteiger partial charge in [0.2, 0.25) is 11.9 Å². The number of rotatable bonds is 18. The first kappa shape index (κ1) is 39.2. The average Bonchev–Trinajstić information content (AvgIpc) is 3.82. The van der Waals surface area contributed by atoms with Gasteiger partial charge in [-0.2, -0.15) is 10.1 Å². The normalized spacial score (nSPS) is 14.2. The number of aliphatic hydroxyl groups is 1. The molecule has 6 aromatic rings. The van der Waals surface area contributed by atoms with Crippen LogP contribution in [0.25, 0.3) is 43.8 Å². The molecule has 1 aliphatic rings. The zero-order valence-electron chi connectivity index (χ0n) is 31.4. The van der Waals surface area contributed by atoms with Crippen LogP contribution in [0.1, 0.15) is 42.5 Å². The second-order valence-electron chi connectivity index (χ2n) is 13.4. The van der Waals surface area contributed by atoms with Crippen LogP contribution in [0, 0.1) is 0 Å². The Bertz CT molecular complexity index is 2410. The lowest BCUT2D eigenvalue weighted by atomic mass is 10.1. The monoisotopic (exact) mass is 791 g/mol. The number of nitrogens with zero attached hydrogens (tertiary/aromatic N) is 14. The molecule has 1 saturated heterocycles. The van der Waals surface area contributed by atoms with Gasteiger partial charge >= 0.3 is 0 Å². The number of nitrogen functional groups attached to an aromatic ring is 2. The van der Waals surface area contributed by atoms with E-state index in [9.17, 15) is 14.7 Å². The molecular weight excluding hydrogens is 751 g/mol. The van der Waals surface area contributed by atoms with Gasteiger partial charge in [-0.3, -0.25) is 9.59 Å². The summed E-state index contributed by atoms with van der Waals surface area (Å²) in [4.78, 5) is 61.7. The molecule has 0 bridgehead atoms. The molecule has 1 amide bonds. The highest BCUT2D eigenvalue weighted by atomic mass is 16.5. The van der Waals surface area contributed by atoms with Crippen molar-refractivity contribution in [2.75, 3.05) is 67.3 Å². The standard InChI is InChI=1S/C36H41N17O5/c37-31-29-30(22-5-6-28-27(14-22)47-34(38)58-28)49-53(32(29)46-21-45-31)9-3-1-2-4-26(55)7-12-57-13-8-40-33(56)23-15-41-35(42-16-23)51-10-11-52(25(19-51)20-54)36-43-17-24(18-44-36)48-50-39/h5-6,14-18,21,25,54H,1-4,7-13,19-20H2,(H2,38,47)(H,40,56)(H2,37,45,46). The summed E-state index contributed by atoms with van der Waals surface area (Å²) in [5.41, 5.74) is 24.4. The topological polar surface area (TPSA) is 304 Å². The Morgan fingerprint density at radius 1 is 1.00 bits per heavy atom. The first-order valence-corrected chi connectivity index (χ1v) is 18.6. The number of nitrogens with two attached hydrogens (primary N) is 2. The number of oxazole rings is 1. The SMILES string of the molecule is [N-]=[N+]=Nc1cnc(N2CCN(c3ncc(C(=O)NCCOCCC(=O)CCCCCn4nc(-c5ccc6oc(N)nc6c5)c5c(N)ncnc54)cn3)CC2CO)nc1. The van der Waals surface area contributed by atoms with Gasteiger partial charge in [0.1, 0.15) is 29.1 Å². The maximum Gasteiger partial charge on any atom is 0.292 e. The van der Waals surface area contributed by atoms with Gasteiger partial charge in [-0.05, 0) is 36.6 Å². The highest BCUT2D eigenvalue weighted by Crippen LogP contribution is 2.32. The minimum atomic E-state index is -0.348. The molecular formula is C36H41N17O5. The summed E-state index contributed by atoms with van der Waals surface area (Å²) in [6.45, 7) is 2.62. The Balaban J connectivity index is 0.779. The van der Waals surface area contributed by atoms with Crippen molar-refractivity contribution in [3.05, 3.63) is 65.3 Å². The molecule has 5 aromatic heterocycles. The number of Topliss-reactive ketones (excluding diaryl/α,β-unsaturated/α-hetero) is 1. The second-order valence-corrected chi connectivity index (χ2v) is 13.4. The lowest BCUT2D eigenvalue weighted by molar-refractivity contribution is -0.120. The number of amides is 1. The number of carbonyl (C=O) groups excluding carboxylic acids is 2. The Morgan fingerprint density at radius 3 is 2.60 bits per heavy atom. The summed E-state index contributed by atoms with van der Waals surface area (Å²) in [5.74, 6) is 0.925. The van der Waals surface area contributed by atoms with Gasteiger partial charge < -0.3 is 40.8 Å². The number of hydrogen-bond acceptors (Lipinski definition) is 18. The summed E-state index contributed by atoms with van der Waals surface area (Å²) in [6, 6.07) is 5.24. The van der Waals surface area contributed by atoms with Gasteiger partial charge in [-0.1, -0.05) is 11.5 Å². The molecule has 1 atom stereocenters. The third-order valence-electron chi connectivity index (χ3n) is 9.54. The largest absolute Gasteiger partial charge is 0.424 e. The highest BCUT2D eigenvalue weighted by molar-refractivity contribution is 5.99. The van der Waals surface area contributed by atoms with Crippen LogP contribution in [0.4, 0.5) is 29.4 Å². The second kappa shape index (κ2) is 18.3. The molecule has 0 aliphatic carbocycles. The van der Waals surface area contributed by atoms with Gasteiger partial charge in [0.05, 0.1) is 42.5 Å². The number of azide groups is 1. The van der Waals surface area contributed by atoms with E-state index < -0.39 is 0 Å². The predicted molar refractivity (Wildman–Crippen MR) is 212 cm³/mol. The molecule has 0 radical (unpaired) electrons. The van der Waals surface area contributed by atoms with E-state index in [2.05, 4.69) is 50.2 Å². The summed E-state index contributed by atoms with van der Waals surface area (Å²) < 4.78 is 12.8. The van der Waals surface area contributed by atoms with Crippen molar-refractivity contribution in [3.63, 3.8) is 0 Å². The first-order chi connectivity index (χ1) is 28.3. The van der Waals surface area contributed by atoms with Crippen LogP contribution in [0.15, 0.2) is 58.8 Å². The highest BCUT2D eigenvalue weighted by Gasteiger charge is 2.30. The van der Waals surface area contributed by atoms with Gasteiger partial charge in [-0.25, -0.2) is 34.6 Å². The van der Waals surface area contributed by atoms with Gasteiger partial charge in [0, 0.05) is 80.8 Å². The maximum absolute atomic E-state index is 12.7. The fourth-order valence-corrected chi connectivity index (χ4v) is 6.62. The van der Waals surface area contributed by atoms with E-state index in [-0.39, 0.29) is 56.5 Å². The van der Waals surface area contributed by atoms with E-state index >= 15 is 0 Å².